The number of nitrogens with zero attached hydrogens (tertiary/aromatic N) is 4. The minimum atomic E-state index is 0.387. The zero-order valence-corrected chi connectivity index (χ0v) is 11.2. The van der Waals surface area contributed by atoms with E-state index in [1.807, 2.05) is 17.8 Å². The second-order valence-corrected chi connectivity index (χ2v) is 4.23. The molecule has 2 rings (SSSR count). The van der Waals surface area contributed by atoms with Gasteiger partial charge in [-0.2, -0.15) is 10.1 Å². The summed E-state index contributed by atoms with van der Waals surface area (Å²) in [6, 6.07) is 1.60. The number of hydrogen-bond donors (Lipinski definition) is 0. The molecule has 0 aliphatic carbocycles. The largest absolute Gasteiger partial charge is 0.436 e. The quantitative estimate of drug-likeness (QED) is 0.781. The lowest BCUT2D eigenvalue weighted by Gasteiger charge is -2.03. The van der Waals surface area contributed by atoms with Gasteiger partial charge in [-0.05, 0) is 6.42 Å². The molecule has 0 amide bonds. The number of hydrogen-bond acceptors (Lipinski definition) is 4. The third-order valence-electron chi connectivity index (χ3n) is 2.32. The van der Waals surface area contributed by atoms with Crippen LogP contribution in [0.25, 0.3) is 0 Å². The van der Waals surface area contributed by atoms with Crippen molar-refractivity contribution in [2.45, 2.75) is 33.2 Å². The van der Waals surface area contributed by atoms with E-state index in [9.17, 15) is 0 Å². The van der Waals surface area contributed by atoms with Gasteiger partial charge in [-0.1, -0.05) is 25.4 Å². The van der Waals surface area contributed by atoms with Gasteiger partial charge < -0.3 is 4.74 Å². The second-order valence-electron chi connectivity index (χ2n) is 3.84. The summed E-state index contributed by atoms with van der Waals surface area (Å²) in [5.41, 5.74) is 0. The molecule has 0 N–H and O–H groups in total. The van der Waals surface area contributed by atoms with Gasteiger partial charge >= 0.3 is 0 Å². The standard InChI is InChI=1S/C12H15ClN4O/c1-3-5-17-8-9(7-14-17)18-12-6-10(13)15-11(4-2)16-12/h6-8H,3-5H2,1-2H3. The van der Waals surface area contributed by atoms with Gasteiger partial charge in [-0.25, -0.2) is 4.98 Å². The van der Waals surface area contributed by atoms with Gasteiger partial charge in [0.15, 0.2) is 5.75 Å². The third kappa shape index (κ3) is 3.20. The summed E-state index contributed by atoms with van der Waals surface area (Å²) in [4.78, 5) is 8.33. The first-order valence-corrected chi connectivity index (χ1v) is 6.32. The first-order valence-electron chi connectivity index (χ1n) is 5.95. The van der Waals surface area contributed by atoms with Gasteiger partial charge in [0.2, 0.25) is 5.88 Å². The molecule has 0 aliphatic rings. The van der Waals surface area contributed by atoms with Gasteiger partial charge in [-0.15, -0.1) is 0 Å². The summed E-state index contributed by atoms with van der Waals surface area (Å²) in [5.74, 6) is 1.77. The van der Waals surface area contributed by atoms with Crippen molar-refractivity contribution in [3.8, 4) is 11.6 Å². The maximum atomic E-state index is 5.90. The molecule has 0 bridgehead atoms. The molecule has 0 aliphatic heterocycles. The maximum absolute atomic E-state index is 5.90. The van der Waals surface area contributed by atoms with Crippen molar-refractivity contribution < 1.29 is 4.74 Å². The van der Waals surface area contributed by atoms with Crippen LogP contribution in [0.15, 0.2) is 18.5 Å². The fourth-order valence-corrected chi connectivity index (χ4v) is 1.71. The SMILES string of the molecule is CCCn1cc(Oc2cc(Cl)nc(CC)n2)cn1. The Morgan fingerprint density at radius 1 is 1.33 bits per heavy atom. The minimum Gasteiger partial charge on any atom is -0.436 e. The number of rotatable bonds is 5. The van der Waals surface area contributed by atoms with Crippen molar-refractivity contribution in [1.29, 1.82) is 0 Å². The minimum absolute atomic E-state index is 0.387. The number of aromatic nitrogens is 4. The van der Waals surface area contributed by atoms with E-state index >= 15 is 0 Å². The highest BCUT2D eigenvalue weighted by atomic mass is 35.5. The summed E-state index contributed by atoms with van der Waals surface area (Å²) in [6.45, 7) is 4.93. The predicted octanol–water partition coefficient (Wildman–Crippen LogP) is 3.09. The molecular formula is C12H15ClN4O. The Bertz CT molecular complexity index is 527. The van der Waals surface area contributed by atoms with E-state index in [1.165, 1.54) is 0 Å². The summed E-state index contributed by atoms with van der Waals surface area (Å²) >= 11 is 5.90. The fraction of sp³-hybridized carbons (Fsp3) is 0.417. The van der Waals surface area contributed by atoms with Gasteiger partial charge in [0.05, 0.1) is 12.4 Å². The molecule has 6 heteroatoms. The van der Waals surface area contributed by atoms with Crippen LogP contribution in [0.1, 0.15) is 26.1 Å². The summed E-state index contributed by atoms with van der Waals surface area (Å²) in [5, 5.41) is 4.57. The molecule has 2 aromatic rings. The van der Waals surface area contributed by atoms with E-state index < -0.39 is 0 Å². The van der Waals surface area contributed by atoms with Crippen molar-refractivity contribution in [2.24, 2.45) is 0 Å². The van der Waals surface area contributed by atoms with E-state index in [1.54, 1.807) is 12.3 Å². The zero-order chi connectivity index (χ0) is 13.0. The molecule has 96 valence electrons. The van der Waals surface area contributed by atoms with Gasteiger partial charge in [0, 0.05) is 19.0 Å². The van der Waals surface area contributed by atoms with Gasteiger partial charge in [0.25, 0.3) is 0 Å². The molecular weight excluding hydrogens is 252 g/mol. The first-order chi connectivity index (χ1) is 8.71. The van der Waals surface area contributed by atoms with Crippen molar-refractivity contribution in [3.05, 3.63) is 29.4 Å². The first kappa shape index (κ1) is 12.8. The molecule has 2 aromatic heterocycles. The van der Waals surface area contributed by atoms with Crippen LogP contribution in [0.3, 0.4) is 0 Å². The highest BCUT2D eigenvalue weighted by Gasteiger charge is 2.06. The molecule has 0 unspecified atom stereocenters. The highest BCUT2D eigenvalue weighted by molar-refractivity contribution is 6.29. The summed E-state index contributed by atoms with van der Waals surface area (Å²) in [6.07, 6.45) is 5.24. The molecule has 0 spiro atoms. The second kappa shape index (κ2) is 5.82. The Morgan fingerprint density at radius 2 is 2.17 bits per heavy atom. The topological polar surface area (TPSA) is 52.8 Å². The molecule has 2 heterocycles. The van der Waals surface area contributed by atoms with Crippen LogP contribution in [0.5, 0.6) is 11.6 Å². The predicted molar refractivity (Wildman–Crippen MR) is 69.0 cm³/mol. The van der Waals surface area contributed by atoms with Crippen LogP contribution >= 0.6 is 11.6 Å². The van der Waals surface area contributed by atoms with E-state index in [-0.39, 0.29) is 0 Å². The molecule has 0 aromatic carbocycles. The van der Waals surface area contributed by atoms with Crippen molar-refractivity contribution in [2.75, 3.05) is 0 Å². The van der Waals surface area contributed by atoms with Crippen LogP contribution in [-0.2, 0) is 13.0 Å². The lowest BCUT2D eigenvalue weighted by molar-refractivity contribution is 0.457. The Balaban J connectivity index is 2.14. The lowest BCUT2D eigenvalue weighted by atomic mass is 10.4. The van der Waals surface area contributed by atoms with Crippen molar-refractivity contribution >= 4 is 11.6 Å². The molecule has 0 atom stereocenters. The van der Waals surface area contributed by atoms with Crippen LogP contribution in [0.4, 0.5) is 0 Å². The molecule has 0 radical (unpaired) electrons. The Kier molecular flexibility index (Phi) is 4.15. The van der Waals surface area contributed by atoms with Gasteiger partial charge in [-0.3, -0.25) is 4.68 Å². The monoisotopic (exact) mass is 266 g/mol. The smallest absolute Gasteiger partial charge is 0.224 e. The Morgan fingerprint density at radius 3 is 2.89 bits per heavy atom. The van der Waals surface area contributed by atoms with E-state index in [4.69, 9.17) is 16.3 Å². The average molecular weight is 267 g/mol. The molecule has 0 saturated heterocycles. The van der Waals surface area contributed by atoms with Crippen LogP contribution in [0.2, 0.25) is 5.15 Å². The van der Waals surface area contributed by atoms with Gasteiger partial charge in [0.1, 0.15) is 11.0 Å². The molecule has 0 fully saturated rings. The van der Waals surface area contributed by atoms with E-state index in [0.717, 1.165) is 13.0 Å². The summed E-state index contributed by atoms with van der Waals surface area (Å²) < 4.78 is 7.44. The zero-order valence-electron chi connectivity index (χ0n) is 10.4. The molecule has 0 saturated carbocycles. The molecule has 5 nitrogen and oxygen atoms in total. The van der Waals surface area contributed by atoms with Crippen molar-refractivity contribution in [3.63, 3.8) is 0 Å². The van der Waals surface area contributed by atoms with E-state index in [2.05, 4.69) is 22.0 Å². The summed E-state index contributed by atoms with van der Waals surface area (Å²) in [7, 11) is 0. The van der Waals surface area contributed by atoms with Crippen LogP contribution < -0.4 is 4.74 Å². The average Bonchev–Trinajstić information content (AvgIpc) is 2.76. The van der Waals surface area contributed by atoms with Crippen LogP contribution in [-0.4, -0.2) is 19.7 Å². The third-order valence-corrected chi connectivity index (χ3v) is 2.51. The van der Waals surface area contributed by atoms with Crippen LogP contribution in [0, 0.1) is 0 Å². The van der Waals surface area contributed by atoms with E-state index in [0.29, 0.717) is 29.0 Å². The fourth-order valence-electron chi connectivity index (χ4n) is 1.52. The number of aryl methyl sites for hydroxylation is 2. The lowest BCUT2D eigenvalue weighted by Crippen LogP contribution is -1.97. The van der Waals surface area contributed by atoms with Crippen molar-refractivity contribution in [1.82, 2.24) is 19.7 Å². The molecule has 18 heavy (non-hydrogen) atoms. The maximum Gasteiger partial charge on any atom is 0.224 e. The number of ether oxygens (including phenoxy) is 1. The Labute approximate surface area is 111 Å². The number of halogens is 1. The normalized spacial score (nSPS) is 10.6. The highest BCUT2D eigenvalue weighted by Crippen LogP contribution is 2.21. The Hall–Kier alpha value is -1.62.